The number of nitrogens with zero attached hydrogens (tertiary/aromatic N) is 1. The molecule has 1 heterocycles. The molecule has 0 aliphatic rings. The summed E-state index contributed by atoms with van der Waals surface area (Å²) in [5, 5.41) is 3.20. The highest BCUT2D eigenvalue weighted by atomic mass is 35.5. The molecule has 1 aromatic heterocycles. The van der Waals surface area contributed by atoms with Crippen molar-refractivity contribution in [2.45, 2.75) is 11.8 Å². The predicted octanol–water partition coefficient (Wildman–Crippen LogP) is 2.16. The molecule has 6 nitrogen and oxygen atoms in total. The molecule has 0 unspecified atom stereocenters. The molecular formula is C10H9ClFN3O3S. The summed E-state index contributed by atoms with van der Waals surface area (Å²) in [6.45, 7) is 1.60. The van der Waals surface area contributed by atoms with Crippen LogP contribution in [0.3, 0.4) is 0 Å². The smallest absolute Gasteiger partial charge is 0.264 e. The number of rotatable bonds is 3. The molecule has 0 fully saturated rings. The second kappa shape index (κ2) is 4.71. The van der Waals surface area contributed by atoms with Crippen LogP contribution in [0.25, 0.3) is 0 Å². The van der Waals surface area contributed by atoms with Gasteiger partial charge in [-0.3, -0.25) is 4.72 Å². The molecule has 1 aromatic carbocycles. The van der Waals surface area contributed by atoms with Crippen molar-refractivity contribution in [3.63, 3.8) is 0 Å². The van der Waals surface area contributed by atoms with Crippen molar-refractivity contribution < 1.29 is 17.3 Å². The molecule has 0 radical (unpaired) electrons. The van der Waals surface area contributed by atoms with Gasteiger partial charge in [-0.1, -0.05) is 16.8 Å². The van der Waals surface area contributed by atoms with E-state index in [1.54, 1.807) is 6.92 Å². The molecule has 0 saturated heterocycles. The fourth-order valence-electron chi connectivity index (χ4n) is 1.36. The SMILES string of the molecule is Cc1cc(NS(=O)(=O)c2cc(N)c(F)cc2Cl)no1. The van der Waals surface area contributed by atoms with Crippen LogP contribution in [-0.4, -0.2) is 13.6 Å². The minimum absolute atomic E-state index is 0.00327. The van der Waals surface area contributed by atoms with E-state index in [4.69, 9.17) is 21.9 Å². The number of aryl methyl sites for hydroxylation is 1. The van der Waals surface area contributed by atoms with Gasteiger partial charge in [0.1, 0.15) is 16.5 Å². The van der Waals surface area contributed by atoms with Crippen molar-refractivity contribution in [1.29, 1.82) is 0 Å². The maximum absolute atomic E-state index is 13.1. The molecule has 19 heavy (non-hydrogen) atoms. The van der Waals surface area contributed by atoms with Gasteiger partial charge in [0.15, 0.2) is 5.82 Å². The lowest BCUT2D eigenvalue weighted by atomic mass is 10.3. The number of halogens is 2. The van der Waals surface area contributed by atoms with E-state index in [0.29, 0.717) is 5.76 Å². The first-order valence-electron chi connectivity index (χ1n) is 5.00. The van der Waals surface area contributed by atoms with E-state index in [2.05, 4.69) is 9.88 Å². The van der Waals surface area contributed by atoms with Crippen LogP contribution in [0.4, 0.5) is 15.9 Å². The molecule has 9 heteroatoms. The van der Waals surface area contributed by atoms with Crippen molar-refractivity contribution in [2.75, 3.05) is 10.5 Å². The number of nitrogen functional groups attached to an aromatic ring is 1. The van der Waals surface area contributed by atoms with Gasteiger partial charge in [0.2, 0.25) is 0 Å². The second-order valence-electron chi connectivity index (χ2n) is 3.73. The van der Waals surface area contributed by atoms with E-state index < -0.39 is 15.8 Å². The van der Waals surface area contributed by atoms with E-state index in [9.17, 15) is 12.8 Å². The Balaban J connectivity index is 2.42. The highest BCUT2D eigenvalue weighted by molar-refractivity contribution is 7.92. The van der Waals surface area contributed by atoms with Gasteiger partial charge in [0.25, 0.3) is 10.0 Å². The molecule has 0 atom stereocenters. The van der Waals surface area contributed by atoms with E-state index in [-0.39, 0.29) is 21.4 Å². The van der Waals surface area contributed by atoms with Crippen LogP contribution in [0.5, 0.6) is 0 Å². The third-order valence-electron chi connectivity index (χ3n) is 2.21. The summed E-state index contributed by atoms with van der Waals surface area (Å²) in [7, 11) is -4.02. The molecule has 3 N–H and O–H groups in total. The van der Waals surface area contributed by atoms with Crippen molar-refractivity contribution in [3.05, 3.63) is 34.8 Å². The number of anilines is 2. The Kier molecular flexibility index (Phi) is 3.38. The Morgan fingerprint density at radius 3 is 2.68 bits per heavy atom. The van der Waals surface area contributed by atoms with E-state index in [1.165, 1.54) is 6.07 Å². The molecule has 0 amide bonds. The lowest BCUT2D eigenvalue weighted by Crippen LogP contribution is -2.14. The van der Waals surface area contributed by atoms with Crippen molar-refractivity contribution in [1.82, 2.24) is 5.16 Å². The average molecular weight is 306 g/mol. The number of hydrogen-bond donors (Lipinski definition) is 2. The number of nitrogens with two attached hydrogens (primary N) is 1. The molecule has 2 aromatic rings. The summed E-state index contributed by atoms with van der Waals surface area (Å²) in [5.74, 6) is -0.361. The highest BCUT2D eigenvalue weighted by Crippen LogP contribution is 2.27. The minimum Gasteiger partial charge on any atom is -0.396 e. The molecule has 2 rings (SSSR count). The van der Waals surface area contributed by atoms with Gasteiger partial charge in [0, 0.05) is 6.07 Å². The van der Waals surface area contributed by atoms with Gasteiger partial charge in [-0.25, -0.2) is 12.8 Å². The van der Waals surface area contributed by atoms with Crippen LogP contribution in [0, 0.1) is 12.7 Å². The van der Waals surface area contributed by atoms with Gasteiger partial charge in [0.05, 0.1) is 10.7 Å². The lowest BCUT2D eigenvalue weighted by Gasteiger charge is -2.08. The lowest BCUT2D eigenvalue weighted by molar-refractivity contribution is 0.400. The van der Waals surface area contributed by atoms with Crippen LogP contribution in [0.15, 0.2) is 27.6 Å². The zero-order valence-corrected chi connectivity index (χ0v) is 11.2. The summed E-state index contributed by atoms with van der Waals surface area (Å²) < 4.78 is 44.1. The largest absolute Gasteiger partial charge is 0.396 e. The normalized spacial score (nSPS) is 11.5. The number of hydrogen-bond acceptors (Lipinski definition) is 5. The Hall–Kier alpha value is -1.80. The Labute approximate surface area is 113 Å². The fourth-order valence-corrected chi connectivity index (χ4v) is 2.89. The number of benzene rings is 1. The minimum atomic E-state index is -4.02. The molecule has 0 spiro atoms. The average Bonchev–Trinajstić information content (AvgIpc) is 2.68. The van der Waals surface area contributed by atoms with Gasteiger partial charge < -0.3 is 10.3 Å². The molecule has 0 aliphatic carbocycles. The Morgan fingerprint density at radius 1 is 1.42 bits per heavy atom. The summed E-state index contributed by atoms with van der Waals surface area (Å²) in [4.78, 5) is -0.339. The van der Waals surface area contributed by atoms with E-state index in [1.807, 2.05) is 0 Å². The first-order chi connectivity index (χ1) is 8.79. The second-order valence-corrected chi connectivity index (χ2v) is 5.79. The first kappa shape index (κ1) is 13.6. The summed E-state index contributed by atoms with van der Waals surface area (Å²) in [6, 6.07) is 3.16. The van der Waals surface area contributed by atoms with Gasteiger partial charge in [-0.05, 0) is 19.1 Å². The maximum Gasteiger partial charge on any atom is 0.264 e. The van der Waals surface area contributed by atoms with Crippen LogP contribution >= 0.6 is 11.6 Å². The van der Waals surface area contributed by atoms with Crippen LogP contribution in [0.2, 0.25) is 5.02 Å². The standard InChI is InChI=1S/C10H9ClFN3O3S/c1-5-2-10(14-18-5)15-19(16,17)9-4-8(13)7(12)3-6(9)11/h2-4H,13H2,1H3,(H,14,15). The highest BCUT2D eigenvalue weighted by Gasteiger charge is 2.21. The quantitative estimate of drug-likeness (QED) is 0.847. The van der Waals surface area contributed by atoms with Crippen molar-refractivity contribution >= 4 is 33.1 Å². The summed E-state index contributed by atoms with van der Waals surface area (Å²) >= 11 is 5.70. The molecule has 0 bridgehead atoms. The van der Waals surface area contributed by atoms with Crippen LogP contribution < -0.4 is 10.5 Å². The zero-order valence-electron chi connectivity index (χ0n) is 9.65. The Bertz CT molecular complexity index is 730. The van der Waals surface area contributed by atoms with E-state index >= 15 is 0 Å². The topological polar surface area (TPSA) is 98.2 Å². The van der Waals surface area contributed by atoms with Crippen LogP contribution in [0.1, 0.15) is 5.76 Å². The predicted molar refractivity (Wildman–Crippen MR) is 67.9 cm³/mol. The van der Waals surface area contributed by atoms with Gasteiger partial charge >= 0.3 is 0 Å². The monoisotopic (exact) mass is 305 g/mol. The Morgan fingerprint density at radius 2 is 2.11 bits per heavy atom. The first-order valence-corrected chi connectivity index (χ1v) is 6.86. The third kappa shape index (κ3) is 2.79. The van der Waals surface area contributed by atoms with Gasteiger partial charge in [-0.15, -0.1) is 0 Å². The fraction of sp³-hybridized carbons (Fsp3) is 0.100. The van der Waals surface area contributed by atoms with Crippen molar-refractivity contribution in [3.8, 4) is 0 Å². The van der Waals surface area contributed by atoms with Crippen molar-refractivity contribution in [2.24, 2.45) is 0 Å². The maximum atomic E-state index is 13.1. The summed E-state index contributed by atoms with van der Waals surface area (Å²) in [6.07, 6.45) is 0. The molecule has 102 valence electrons. The third-order valence-corrected chi connectivity index (χ3v) is 4.03. The van der Waals surface area contributed by atoms with Gasteiger partial charge in [-0.2, -0.15) is 0 Å². The zero-order chi connectivity index (χ0) is 14.2. The number of nitrogens with one attached hydrogen (secondary N) is 1. The van der Waals surface area contributed by atoms with Crippen LogP contribution in [-0.2, 0) is 10.0 Å². The molecule has 0 saturated carbocycles. The number of sulfonamides is 1. The van der Waals surface area contributed by atoms with E-state index in [0.717, 1.165) is 12.1 Å². The number of aromatic nitrogens is 1. The molecular weight excluding hydrogens is 297 g/mol. The summed E-state index contributed by atoms with van der Waals surface area (Å²) in [5.41, 5.74) is 5.01. The molecule has 0 aliphatic heterocycles.